The Balaban J connectivity index is 1.65. The lowest BCUT2D eigenvalue weighted by Crippen LogP contribution is -2.41. The average molecular weight is 261 g/mol. The van der Waals surface area contributed by atoms with Crippen LogP contribution in [-0.4, -0.2) is 24.5 Å². The topological polar surface area (TPSA) is 50.4 Å². The fraction of sp³-hybridized carbons (Fsp3) is 0.533. The van der Waals surface area contributed by atoms with Crippen LogP contribution in [0.4, 0.5) is 4.39 Å². The van der Waals surface area contributed by atoms with Crippen LogP contribution < -0.4 is 11.1 Å². The first-order valence-electron chi connectivity index (χ1n) is 7.02. The Morgan fingerprint density at radius 3 is 3.05 bits per heavy atom. The minimum absolute atomic E-state index is 0.184. The van der Waals surface area contributed by atoms with E-state index in [2.05, 4.69) is 5.32 Å². The van der Waals surface area contributed by atoms with Crippen LogP contribution in [0.1, 0.15) is 24.8 Å². The van der Waals surface area contributed by atoms with Crippen LogP contribution in [-0.2, 0) is 6.42 Å². The SMILES string of the molecule is NCC1CCC2N=C(Cc3cccc(F)c3)NC2C1. The van der Waals surface area contributed by atoms with E-state index in [1.165, 1.54) is 12.5 Å². The van der Waals surface area contributed by atoms with Gasteiger partial charge in [0.2, 0.25) is 0 Å². The third-order valence-electron chi connectivity index (χ3n) is 4.19. The number of hydrogen-bond donors (Lipinski definition) is 2. The van der Waals surface area contributed by atoms with Crippen LogP contribution in [0.15, 0.2) is 29.3 Å². The van der Waals surface area contributed by atoms with Crippen LogP contribution in [0, 0.1) is 11.7 Å². The van der Waals surface area contributed by atoms with Crippen molar-refractivity contribution in [2.24, 2.45) is 16.6 Å². The van der Waals surface area contributed by atoms with E-state index < -0.39 is 0 Å². The molecule has 2 aliphatic rings. The molecule has 1 heterocycles. The molecule has 4 heteroatoms. The van der Waals surface area contributed by atoms with E-state index in [0.717, 1.165) is 30.8 Å². The van der Waals surface area contributed by atoms with Gasteiger partial charge in [0.1, 0.15) is 11.7 Å². The Kier molecular flexibility index (Phi) is 3.51. The number of nitrogens with zero attached hydrogens (tertiary/aromatic N) is 1. The largest absolute Gasteiger partial charge is 0.369 e. The second kappa shape index (κ2) is 5.29. The van der Waals surface area contributed by atoms with Gasteiger partial charge >= 0.3 is 0 Å². The standard InChI is InChI=1S/C15H20FN3/c16-12-3-1-2-10(6-12)8-15-18-13-5-4-11(9-17)7-14(13)19-15/h1-3,6,11,13-14H,4-5,7-9,17H2,(H,18,19). The van der Waals surface area contributed by atoms with Crippen molar-refractivity contribution in [1.82, 2.24) is 5.32 Å². The predicted octanol–water partition coefficient (Wildman–Crippen LogP) is 1.87. The fourth-order valence-electron chi connectivity index (χ4n) is 3.15. The number of hydrogen-bond acceptors (Lipinski definition) is 3. The van der Waals surface area contributed by atoms with E-state index in [1.807, 2.05) is 6.07 Å². The van der Waals surface area contributed by atoms with Crippen molar-refractivity contribution < 1.29 is 4.39 Å². The first-order chi connectivity index (χ1) is 9.24. The second-order valence-electron chi connectivity index (χ2n) is 5.62. The molecular formula is C15H20FN3. The lowest BCUT2D eigenvalue weighted by Gasteiger charge is -2.29. The number of fused-ring (bicyclic) bond motifs is 1. The van der Waals surface area contributed by atoms with E-state index in [0.29, 0.717) is 24.4 Å². The minimum atomic E-state index is -0.184. The van der Waals surface area contributed by atoms with E-state index >= 15 is 0 Å². The van der Waals surface area contributed by atoms with Gasteiger partial charge in [-0.25, -0.2) is 4.39 Å². The van der Waals surface area contributed by atoms with E-state index in [1.54, 1.807) is 12.1 Å². The first-order valence-corrected chi connectivity index (χ1v) is 7.02. The summed E-state index contributed by atoms with van der Waals surface area (Å²) in [5, 5.41) is 3.50. The summed E-state index contributed by atoms with van der Waals surface area (Å²) in [7, 11) is 0. The highest BCUT2D eigenvalue weighted by molar-refractivity contribution is 5.86. The molecule has 1 aromatic rings. The third-order valence-corrected chi connectivity index (χ3v) is 4.19. The zero-order chi connectivity index (χ0) is 13.2. The van der Waals surface area contributed by atoms with E-state index in [-0.39, 0.29) is 5.82 Å². The van der Waals surface area contributed by atoms with Crippen molar-refractivity contribution >= 4 is 5.84 Å². The Morgan fingerprint density at radius 1 is 1.37 bits per heavy atom. The molecule has 0 saturated heterocycles. The molecule has 0 aromatic heterocycles. The van der Waals surface area contributed by atoms with Crippen LogP contribution in [0.5, 0.6) is 0 Å². The summed E-state index contributed by atoms with van der Waals surface area (Å²) < 4.78 is 13.2. The summed E-state index contributed by atoms with van der Waals surface area (Å²) in [6.45, 7) is 0.768. The third kappa shape index (κ3) is 2.78. The summed E-state index contributed by atoms with van der Waals surface area (Å²) in [5.74, 6) is 1.44. The van der Waals surface area contributed by atoms with Crippen molar-refractivity contribution in [1.29, 1.82) is 0 Å². The van der Waals surface area contributed by atoms with Crippen molar-refractivity contribution in [2.75, 3.05) is 6.54 Å². The number of benzene rings is 1. The average Bonchev–Trinajstić information content (AvgIpc) is 2.79. The minimum Gasteiger partial charge on any atom is -0.369 e. The van der Waals surface area contributed by atoms with Crippen LogP contribution >= 0.6 is 0 Å². The zero-order valence-electron chi connectivity index (χ0n) is 11.0. The molecule has 0 radical (unpaired) electrons. The van der Waals surface area contributed by atoms with Gasteiger partial charge < -0.3 is 11.1 Å². The highest BCUT2D eigenvalue weighted by atomic mass is 19.1. The highest BCUT2D eigenvalue weighted by Crippen LogP contribution is 2.29. The summed E-state index contributed by atoms with van der Waals surface area (Å²) in [4.78, 5) is 4.75. The van der Waals surface area contributed by atoms with Crippen molar-refractivity contribution in [3.63, 3.8) is 0 Å². The van der Waals surface area contributed by atoms with Crippen molar-refractivity contribution in [3.8, 4) is 0 Å². The molecule has 0 amide bonds. The number of rotatable bonds is 3. The molecule has 102 valence electrons. The van der Waals surface area contributed by atoms with Crippen LogP contribution in [0.2, 0.25) is 0 Å². The van der Waals surface area contributed by atoms with Crippen LogP contribution in [0.25, 0.3) is 0 Å². The molecule has 1 fully saturated rings. The molecule has 1 aromatic carbocycles. The van der Waals surface area contributed by atoms with E-state index in [4.69, 9.17) is 10.7 Å². The van der Waals surface area contributed by atoms with E-state index in [9.17, 15) is 4.39 Å². The van der Waals surface area contributed by atoms with Gasteiger partial charge in [-0.15, -0.1) is 0 Å². The van der Waals surface area contributed by atoms with Gasteiger partial charge in [-0.2, -0.15) is 0 Å². The molecule has 3 unspecified atom stereocenters. The fourth-order valence-corrected chi connectivity index (χ4v) is 3.15. The monoisotopic (exact) mass is 261 g/mol. The Morgan fingerprint density at radius 2 is 2.26 bits per heavy atom. The maximum atomic E-state index is 13.2. The molecule has 3 rings (SSSR count). The number of halogens is 1. The summed E-state index contributed by atoms with van der Waals surface area (Å²) >= 11 is 0. The molecule has 3 atom stereocenters. The number of aliphatic imine (C=N–C) groups is 1. The molecule has 0 bridgehead atoms. The van der Waals surface area contributed by atoms with Gasteiger partial charge in [0.25, 0.3) is 0 Å². The number of amidine groups is 1. The Hall–Kier alpha value is -1.42. The molecule has 0 spiro atoms. The molecule has 1 aliphatic heterocycles. The Labute approximate surface area is 113 Å². The van der Waals surface area contributed by atoms with Gasteiger partial charge in [0, 0.05) is 12.5 Å². The quantitative estimate of drug-likeness (QED) is 0.872. The maximum Gasteiger partial charge on any atom is 0.123 e. The van der Waals surface area contributed by atoms with Gasteiger partial charge in [-0.05, 0) is 49.4 Å². The molecule has 3 nitrogen and oxygen atoms in total. The molecule has 3 N–H and O–H groups in total. The normalized spacial score (nSPS) is 29.6. The summed E-state index contributed by atoms with van der Waals surface area (Å²) in [5.41, 5.74) is 6.73. The lowest BCUT2D eigenvalue weighted by atomic mass is 9.83. The smallest absolute Gasteiger partial charge is 0.123 e. The van der Waals surface area contributed by atoms with Gasteiger partial charge in [0.15, 0.2) is 0 Å². The summed E-state index contributed by atoms with van der Waals surface area (Å²) in [6, 6.07) is 7.57. The molecule has 19 heavy (non-hydrogen) atoms. The van der Waals surface area contributed by atoms with Gasteiger partial charge in [-0.1, -0.05) is 12.1 Å². The zero-order valence-corrected chi connectivity index (χ0v) is 11.0. The number of nitrogens with one attached hydrogen (secondary N) is 1. The molecule has 1 aliphatic carbocycles. The molecule has 1 saturated carbocycles. The second-order valence-corrected chi connectivity index (χ2v) is 5.62. The Bertz CT molecular complexity index is 486. The van der Waals surface area contributed by atoms with Gasteiger partial charge in [0.05, 0.1) is 6.04 Å². The summed E-state index contributed by atoms with van der Waals surface area (Å²) in [6.07, 6.45) is 4.09. The first kappa shape index (κ1) is 12.6. The van der Waals surface area contributed by atoms with Crippen molar-refractivity contribution in [3.05, 3.63) is 35.6 Å². The van der Waals surface area contributed by atoms with Crippen LogP contribution in [0.3, 0.4) is 0 Å². The lowest BCUT2D eigenvalue weighted by molar-refractivity contribution is 0.294. The van der Waals surface area contributed by atoms with Crippen molar-refractivity contribution in [2.45, 2.75) is 37.8 Å². The van der Waals surface area contributed by atoms with Gasteiger partial charge in [-0.3, -0.25) is 4.99 Å². The predicted molar refractivity (Wildman–Crippen MR) is 74.6 cm³/mol. The highest BCUT2D eigenvalue weighted by Gasteiger charge is 2.34. The maximum absolute atomic E-state index is 13.2. The number of nitrogens with two attached hydrogens (primary N) is 1. The molecular weight excluding hydrogens is 241 g/mol.